The van der Waals surface area contributed by atoms with Crippen molar-refractivity contribution in [1.82, 2.24) is 9.55 Å². The molecule has 6 nitrogen and oxygen atoms in total. The van der Waals surface area contributed by atoms with Crippen molar-refractivity contribution in [2.24, 2.45) is 7.05 Å². The summed E-state index contributed by atoms with van der Waals surface area (Å²) in [5.74, 6) is -1.66. The molecule has 7 heteroatoms. The molecule has 0 aliphatic carbocycles. The van der Waals surface area contributed by atoms with Crippen LogP contribution in [-0.4, -0.2) is 33.7 Å². The van der Waals surface area contributed by atoms with E-state index in [1.165, 1.54) is 18.5 Å². The number of carboxylic acids is 1. The summed E-state index contributed by atoms with van der Waals surface area (Å²) in [6.07, 6.45) is 5.88. The van der Waals surface area contributed by atoms with Crippen molar-refractivity contribution in [3.05, 3.63) is 46.1 Å². The van der Waals surface area contributed by atoms with Crippen LogP contribution >= 0.6 is 0 Å². The Balaban J connectivity index is 2.07. The number of hydrogen-bond acceptors (Lipinski definition) is 4. The molecule has 1 saturated heterocycles. The number of pyridine rings is 2. The minimum absolute atomic E-state index is 0.260. The zero-order chi connectivity index (χ0) is 18.4. The van der Waals surface area contributed by atoms with E-state index in [-0.39, 0.29) is 16.8 Å². The van der Waals surface area contributed by atoms with Gasteiger partial charge in [0.15, 0.2) is 0 Å². The average Bonchev–Trinajstić information content (AvgIpc) is 2.63. The second-order valence-corrected chi connectivity index (χ2v) is 6.67. The molecule has 1 aliphatic rings. The minimum atomic E-state index is -1.28. The number of halogens is 1. The second-order valence-electron chi connectivity index (χ2n) is 6.67. The molecule has 1 aliphatic heterocycles. The Labute approximate surface area is 148 Å². The average molecular weight is 355 g/mol. The lowest BCUT2D eigenvalue weighted by Gasteiger charge is -2.29. The normalized spacial score (nSPS) is 14.9. The Bertz CT molecular complexity index is 1100. The fourth-order valence-electron chi connectivity index (χ4n) is 3.68. The molecule has 0 spiro atoms. The Morgan fingerprint density at radius 2 is 1.96 bits per heavy atom. The molecule has 0 unspecified atom stereocenters. The van der Waals surface area contributed by atoms with Crippen LogP contribution in [0.25, 0.3) is 21.8 Å². The molecule has 1 fully saturated rings. The van der Waals surface area contributed by atoms with Crippen molar-refractivity contribution >= 4 is 33.5 Å². The molecule has 26 heavy (non-hydrogen) atoms. The molecule has 4 rings (SSSR count). The zero-order valence-corrected chi connectivity index (χ0v) is 14.3. The number of rotatable bonds is 2. The highest BCUT2D eigenvalue weighted by Crippen LogP contribution is 2.30. The van der Waals surface area contributed by atoms with Crippen molar-refractivity contribution < 1.29 is 14.3 Å². The van der Waals surface area contributed by atoms with Crippen LogP contribution in [0.1, 0.15) is 29.6 Å². The number of aromatic nitrogens is 2. The van der Waals surface area contributed by atoms with E-state index in [0.29, 0.717) is 22.1 Å². The van der Waals surface area contributed by atoms with Gasteiger partial charge in [-0.05, 0) is 25.3 Å². The smallest absolute Gasteiger partial charge is 0.341 e. The van der Waals surface area contributed by atoms with Gasteiger partial charge in [0, 0.05) is 37.8 Å². The Morgan fingerprint density at radius 3 is 2.65 bits per heavy atom. The summed E-state index contributed by atoms with van der Waals surface area (Å²) in [6, 6.07) is 2.96. The third kappa shape index (κ3) is 2.51. The van der Waals surface area contributed by atoms with Crippen molar-refractivity contribution in [3.8, 4) is 0 Å². The molecule has 0 amide bonds. The highest BCUT2D eigenvalue weighted by Gasteiger charge is 2.20. The summed E-state index contributed by atoms with van der Waals surface area (Å²) in [4.78, 5) is 30.4. The molecule has 0 atom stereocenters. The van der Waals surface area contributed by atoms with Gasteiger partial charge in [0.05, 0.1) is 28.3 Å². The highest BCUT2D eigenvalue weighted by molar-refractivity contribution is 6.07. The topological polar surface area (TPSA) is 75.4 Å². The molecule has 2 aromatic heterocycles. The number of aryl methyl sites for hydroxylation is 1. The lowest BCUT2D eigenvalue weighted by atomic mass is 10.0. The first-order chi connectivity index (χ1) is 12.5. The third-order valence-electron chi connectivity index (χ3n) is 5.02. The number of piperidine rings is 1. The van der Waals surface area contributed by atoms with E-state index in [1.807, 2.05) is 4.90 Å². The van der Waals surface area contributed by atoms with Crippen LogP contribution in [0, 0.1) is 5.82 Å². The molecular weight excluding hydrogens is 337 g/mol. The molecule has 134 valence electrons. The molecular formula is C19H18FN3O3. The molecule has 1 N–H and O–H groups in total. The van der Waals surface area contributed by atoms with Gasteiger partial charge in [-0.2, -0.15) is 0 Å². The van der Waals surface area contributed by atoms with E-state index in [2.05, 4.69) is 4.98 Å². The maximum Gasteiger partial charge on any atom is 0.341 e. The summed E-state index contributed by atoms with van der Waals surface area (Å²) < 4.78 is 16.2. The molecule has 3 heterocycles. The van der Waals surface area contributed by atoms with Gasteiger partial charge in [-0.25, -0.2) is 9.18 Å². The standard InChI is InChI=1S/C19H18FN3O3/c1-22-10-12(19(25)26)18(24)17-11-7-15(23-5-3-2-4-6-23)13(20)8-14(11)21-9-16(17)22/h7-10H,2-6H2,1H3,(H,25,26). The maximum atomic E-state index is 14.6. The summed E-state index contributed by atoms with van der Waals surface area (Å²) in [5.41, 5.74) is 0.416. The van der Waals surface area contributed by atoms with Gasteiger partial charge in [-0.1, -0.05) is 0 Å². The van der Waals surface area contributed by atoms with Crippen LogP contribution in [-0.2, 0) is 7.05 Å². The van der Waals surface area contributed by atoms with Crippen LogP contribution < -0.4 is 10.3 Å². The number of benzene rings is 1. The van der Waals surface area contributed by atoms with Gasteiger partial charge in [0.1, 0.15) is 11.4 Å². The number of aromatic carboxylic acids is 1. The van der Waals surface area contributed by atoms with E-state index >= 15 is 0 Å². The highest BCUT2D eigenvalue weighted by atomic mass is 19.1. The molecule has 3 aromatic rings. The van der Waals surface area contributed by atoms with Gasteiger partial charge < -0.3 is 14.6 Å². The van der Waals surface area contributed by atoms with Crippen LogP contribution in [0.5, 0.6) is 0 Å². The summed E-state index contributed by atoms with van der Waals surface area (Å²) in [5, 5.41) is 10.1. The SMILES string of the molecule is Cn1cc(C(=O)O)c(=O)c2c3cc(N4CCCCC4)c(F)cc3ncc21. The fourth-order valence-corrected chi connectivity index (χ4v) is 3.68. The summed E-state index contributed by atoms with van der Waals surface area (Å²) in [6.45, 7) is 1.53. The van der Waals surface area contributed by atoms with Crippen LogP contribution in [0.4, 0.5) is 10.1 Å². The minimum Gasteiger partial charge on any atom is -0.477 e. The maximum absolute atomic E-state index is 14.6. The van der Waals surface area contributed by atoms with Crippen LogP contribution in [0.3, 0.4) is 0 Å². The summed E-state index contributed by atoms with van der Waals surface area (Å²) >= 11 is 0. The van der Waals surface area contributed by atoms with E-state index in [4.69, 9.17) is 0 Å². The van der Waals surface area contributed by atoms with Gasteiger partial charge in [0.25, 0.3) is 0 Å². The first-order valence-electron chi connectivity index (χ1n) is 8.57. The summed E-state index contributed by atoms with van der Waals surface area (Å²) in [7, 11) is 1.66. The molecule has 0 radical (unpaired) electrons. The van der Waals surface area contributed by atoms with E-state index < -0.39 is 11.4 Å². The first-order valence-corrected chi connectivity index (χ1v) is 8.57. The molecule has 0 bridgehead atoms. The van der Waals surface area contributed by atoms with Gasteiger partial charge >= 0.3 is 5.97 Å². The Hall–Kier alpha value is -2.96. The Morgan fingerprint density at radius 1 is 1.23 bits per heavy atom. The van der Waals surface area contributed by atoms with Gasteiger partial charge in [0.2, 0.25) is 5.43 Å². The second kappa shape index (κ2) is 6.09. The van der Waals surface area contributed by atoms with Crippen molar-refractivity contribution in [1.29, 1.82) is 0 Å². The van der Waals surface area contributed by atoms with Crippen molar-refractivity contribution in [2.45, 2.75) is 19.3 Å². The number of fused-ring (bicyclic) bond motifs is 3. The molecule has 0 saturated carbocycles. The largest absolute Gasteiger partial charge is 0.477 e. The fraction of sp³-hybridized carbons (Fsp3) is 0.316. The lowest BCUT2D eigenvalue weighted by Crippen LogP contribution is -2.30. The number of carbonyl (C=O) groups is 1. The quantitative estimate of drug-likeness (QED) is 0.716. The van der Waals surface area contributed by atoms with Gasteiger partial charge in [-0.3, -0.25) is 9.78 Å². The number of anilines is 1. The monoisotopic (exact) mass is 355 g/mol. The van der Waals surface area contributed by atoms with Crippen molar-refractivity contribution in [2.75, 3.05) is 18.0 Å². The van der Waals surface area contributed by atoms with E-state index in [1.54, 1.807) is 17.7 Å². The van der Waals surface area contributed by atoms with E-state index in [9.17, 15) is 19.1 Å². The lowest BCUT2D eigenvalue weighted by molar-refractivity contribution is 0.0695. The van der Waals surface area contributed by atoms with Crippen LogP contribution in [0.15, 0.2) is 29.3 Å². The zero-order valence-electron chi connectivity index (χ0n) is 14.3. The predicted molar refractivity (Wildman–Crippen MR) is 97.5 cm³/mol. The van der Waals surface area contributed by atoms with Crippen molar-refractivity contribution in [3.63, 3.8) is 0 Å². The molecule has 1 aromatic carbocycles. The predicted octanol–water partition coefficient (Wildman–Crippen LogP) is 2.91. The van der Waals surface area contributed by atoms with E-state index in [0.717, 1.165) is 32.4 Å². The van der Waals surface area contributed by atoms with Crippen LogP contribution in [0.2, 0.25) is 0 Å². The number of carboxylic acid groups (broad SMARTS) is 1. The third-order valence-corrected chi connectivity index (χ3v) is 5.02. The first kappa shape index (κ1) is 16.5. The number of hydrogen-bond donors (Lipinski definition) is 1. The van der Waals surface area contributed by atoms with Gasteiger partial charge in [-0.15, -0.1) is 0 Å². The number of nitrogens with zero attached hydrogens (tertiary/aromatic N) is 3. The Kier molecular flexibility index (Phi) is 3.86.